The standard InChI is InChI=1S/C7H16N2/c1-7(2)3-6(8)4-9-5-7/h6,9H,3-5,8H2,1-2H3. The monoisotopic (exact) mass is 128 g/mol. The van der Waals surface area contributed by atoms with Crippen LogP contribution in [0.2, 0.25) is 0 Å². The molecule has 1 atom stereocenters. The number of nitrogens with one attached hydrogen (secondary N) is 1. The summed E-state index contributed by atoms with van der Waals surface area (Å²) in [6, 6.07) is 0.369. The van der Waals surface area contributed by atoms with Crippen LogP contribution in [0.4, 0.5) is 0 Å². The second kappa shape index (κ2) is 2.27. The molecule has 0 aromatic carbocycles. The van der Waals surface area contributed by atoms with Gasteiger partial charge >= 0.3 is 0 Å². The molecule has 3 N–H and O–H groups in total. The van der Waals surface area contributed by atoms with E-state index < -0.39 is 0 Å². The summed E-state index contributed by atoms with van der Waals surface area (Å²) in [6.45, 7) is 6.60. The van der Waals surface area contributed by atoms with Gasteiger partial charge in [0.15, 0.2) is 0 Å². The van der Waals surface area contributed by atoms with E-state index in [1.165, 1.54) is 0 Å². The van der Waals surface area contributed by atoms with Crippen LogP contribution in [-0.2, 0) is 0 Å². The molecule has 0 aromatic rings. The van der Waals surface area contributed by atoms with E-state index in [4.69, 9.17) is 5.73 Å². The Balaban J connectivity index is 2.41. The lowest BCUT2D eigenvalue weighted by Crippen LogP contribution is -2.47. The normalized spacial score (nSPS) is 34.3. The first-order valence-corrected chi connectivity index (χ1v) is 3.56. The molecule has 1 aliphatic rings. The van der Waals surface area contributed by atoms with Gasteiger partial charge < -0.3 is 11.1 Å². The zero-order valence-corrected chi connectivity index (χ0v) is 6.28. The van der Waals surface area contributed by atoms with E-state index in [-0.39, 0.29) is 0 Å². The quantitative estimate of drug-likeness (QED) is 0.493. The molecule has 2 nitrogen and oxygen atoms in total. The van der Waals surface area contributed by atoms with Crippen LogP contribution in [0.1, 0.15) is 20.3 Å². The van der Waals surface area contributed by atoms with Crippen molar-refractivity contribution in [2.75, 3.05) is 13.1 Å². The maximum Gasteiger partial charge on any atom is 0.0170 e. The number of hydrogen-bond acceptors (Lipinski definition) is 2. The predicted molar refractivity (Wildman–Crippen MR) is 39.2 cm³/mol. The van der Waals surface area contributed by atoms with E-state index in [1.54, 1.807) is 0 Å². The summed E-state index contributed by atoms with van der Waals surface area (Å²) in [7, 11) is 0. The van der Waals surface area contributed by atoms with Crippen LogP contribution >= 0.6 is 0 Å². The van der Waals surface area contributed by atoms with Crippen LogP contribution in [0.15, 0.2) is 0 Å². The van der Waals surface area contributed by atoms with Gasteiger partial charge in [0.2, 0.25) is 0 Å². The van der Waals surface area contributed by atoms with Crippen molar-refractivity contribution < 1.29 is 0 Å². The topological polar surface area (TPSA) is 38.0 Å². The van der Waals surface area contributed by atoms with Crippen LogP contribution < -0.4 is 11.1 Å². The largest absolute Gasteiger partial charge is 0.327 e. The molecule has 1 heterocycles. The lowest BCUT2D eigenvalue weighted by atomic mass is 9.83. The van der Waals surface area contributed by atoms with Crippen LogP contribution in [0, 0.1) is 5.41 Å². The van der Waals surface area contributed by atoms with Crippen molar-refractivity contribution >= 4 is 0 Å². The van der Waals surface area contributed by atoms with Gasteiger partial charge in [0.1, 0.15) is 0 Å². The van der Waals surface area contributed by atoms with Crippen molar-refractivity contribution in [3.05, 3.63) is 0 Å². The SMILES string of the molecule is CC1(C)CNCC(N)C1. The molecule has 9 heavy (non-hydrogen) atoms. The highest BCUT2D eigenvalue weighted by molar-refractivity contribution is 4.83. The summed E-state index contributed by atoms with van der Waals surface area (Å²) in [6.07, 6.45) is 1.15. The van der Waals surface area contributed by atoms with Gasteiger partial charge in [-0.1, -0.05) is 13.8 Å². The van der Waals surface area contributed by atoms with E-state index in [0.29, 0.717) is 11.5 Å². The number of rotatable bonds is 0. The molecule has 1 fully saturated rings. The van der Waals surface area contributed by atoms with Gasteiger partial charge in [0, 0.05) is 19.1 Å². The minimum absolute atomic E-state index is 0.369. The minimum atomic E-state index is 0.369. The summed E-state index contributed by atoms with van der Waals surface area (Å²) >= 11 is 0. The van der Waals surface area contributed by atoms with Crippen molar-refractivity contribution in [1.29, 1.82) is 0 Å². The first-order chi connectivity index (χ1) is 4.10. The molecule has 0 amide bonds. The van der Waals surface area contributed by atoms with E-state index >= 15 is 0 Å². The summed E-state index contributed by atoms with van der Waals surface area (Å²) < 4.78 is 0. The summed E-state index contributed by atoms with van der Waals surface area (Å²) in [4.78, 5) is 0. The molecular formula is C7H16N2. The molecule has 0 aliphatic carbocycles. The van der Waals surface area contributed by atoms with Gasteiger partial charge in [-0.2, -0.15) is 0 Å². The first kappa shape index (κ1) is 7.03. The summed E-state index contributed by atoms with van der Waals surface area (Å²) in [5.74, 6) is 0. The van der Waals surface area contributed by atoms with Gasteiger partial charge in [0.05, 0.1) is 0 Å². The van der Waals surface area contributed by atoms with Crippen molar-refractivity contribution in [2.45, 2.75) is 26.3 Å². The number of piperidine rings is 1. The van der Waals surface area contributed by atoms with Crippen LogP contribution in [-0.4, -0.2) is 19.1 Å². The van der Waals surface area contributed by atoms with Crippen LogP contribution in [0.25, 0.3) is 0 Å². The molecule has 0 saturated carbocycles. The average Bonchev–Trinajstić information content (AvgIpc) is 1.60. The Bertz CT molecular complexity index is 99.1. The van der Waals surface area contributed by atoms with Gasteiger partial charge in [-0.3, -0.25) is 0 Å². The second-order valence-electron chi connectivity index (χ2n) is 3.76. The molecule has 0 spiro atoms. The Hall–Kier alpha value is -0.0800. The van der Waals surface area contributed by atoms with Crippen LogP contribution in [0.5, 0.6) is 0 Å². The molecule has 0 bridgehead atoms. The average molecular weight is 128 g/mol. The Kier molecular flexibility index (Phi) is 1.78. The Labute approximate surface area is 56.8 Å². The number of nitrogens with two attached hydrogens (primary N) is 1. The van der Waals surface area contributed by atoms with Gasteiger partial charge in [-0.05, 0) is 11.8 Å². The zero-order chi connectivity index (χ0) is 6.91. The van der Waals surface area contributed by atoms with Crippen LogP contribution in [0.3, 0.4) is 0 Å². The third-order valence-electron chi connectivity index (χ3n) is 1.82. The van der Waals surface area contributed by atoms with Gasteiger partial charge in [0.25, 0.3) is 0 Å². The Morgan fingerprint density at radius 2 is 2.22 bits per heavy atom. The summed E-state index contributed by atoms with van der Waals surface area (Å²) in [5, 5.41) is 3.30. The maximum atomic E-state index is 5.75. The third-order valence-corrected chi connectivity index (χ3v) is 1.82. The molecule has 2 heteroatoms. The fourth-order valence-corrected chi connectivity index (χ4v) is 1.45. The highest BCUT2D eigenvalue weighted by atomic mass is 14.9. The lowest BCUT2D eigenvalue weighted by molar-refractivity contribution is 0.241. The molecule has 0 radical (unpaired) electrons. The van der Waals surface area contributed by atoms with Crippen molar-refractivity contribution in [3.63, 3.8) is 0 Å². The minimum Gasteiger partial charge on any atom is -0.327 e. The van der Waals surface area contributed by atoms with E-state index in [9.17, 15) is 0 Å². The molecular weight excluding hydrogens is 112 g/mol. The highest BCUT2D eigenvalue weighted by Crippen LogP contribution is 2.22. The van der Waals surface area contributed by atoms with E-state index in [0.717, 1.165) is 19.5 Å². The zero-order valence-electron chi connectivity index (χ0n) is 6.28. The van der Waals surface area contributed by atoms with Gasteiger partial charge in [-0.25, -0.2) is 0 Å². The predicted octanol–water partition coefficient (Wildman–Crippen LogP) is 0.333. The molecule has 0 aromatic heterocycles. The van der Waals surface area contributed by atoms with E-state index in [2.05, 4.69) is 19.2 Å². The maximum absolute atomic E-state index is 5.75. The molecule has 1 aliphatic heterocycles. The smallest absolute Gasteiger partial charge is 0.0170 e. The first-order valence-electron chi connectivity index (χ1n) is 3.56. The molecule has 1 rings (SSSR count). The van der Waals surface area contributed by atoms with Crippen molar-refractivity contribution in [3.8, 4) is 0 Å². The number of hydrogen-bond donors (Lipinski definition) is 2. The van der Waals surface area contributed by atoms with E-state index in [1.807, 2.05) is 0 Å². The molecule has 1 saturated heterocycles. The fourth-order valence-electron chi connectivity index (χ4n) is 1.45. The lowest BCUT2D eigenvalue weighted by Gasteiger charge is -2.33. The summed E-state index contributed by atoms with van der Waals surface area (Å²) in [5.41, 5.74) is 6.16. The highest BCUT2D eigenvalue weighted by Gasteiger charge is 2.24. The molecule has 1 unspecified atom stereocenters. The van der Waals surface area contributed by atoms with Gasteiger partial charge in [-0.15, -0.1) is 0 Å². The fraction of sp³-hybridized carbons (Fsp3) is 1.00. The Morgan fingerprint density at radius 1 is 1.56 bits per heavy atom. The third kappa shape index (κ3) is 1.95. The second-order valence-corrected chi connectivity index (χ2v) is 3.76. The Morgan fingerprint density at radius 3 is 2.56 bits per heavy atom. The molecule has 54 valence electrons. The van der Waals surface area contributed by atoms with Crippen molar-refractivity contribution in [1.82, 2.24) is 5.32 Å². The van der Waals surface area contributed by atoms with Crippen molar-refractivity contribution in [2.24, 2.45) is 11.1 Å².